The summed E-state index contributed by atoms with van der Waals surface area (Å²) in [5.41, 5.74) is 3.64. The predicted octanol–water partition coefficient (Wildman–Crippen LogP) is 3.81. The van der Waals surface area contributed by atoms with E-state index in [2.05, 4.69) is 35.9 Å². The number of fused-ring (bicyclic) bond motifs is 1. The second-order valence-electron chi connectivity index (χ2n) is 7.67. The van der Waals surface area contributed by atoms with Crippen molar-refractivity contribution in [3.8, 4) is 11.6 Å². The lowest BCUT2D eigenvalue weighted by Gasteiger charge is -2.23. The fourth-order valence-electron chi connectivity index (χ4n) is 3.93. The van der Waals surface area contributed by atoms with Gasteiger partial charge in [-0.25, -0.2) is 4.98 Å². The van der Waals surface area contributed by atoms with E-state index in [-0.39, 0.29) is 5.91 Å². The lowest BCUT2D eigenvalue weighted by atomic mass is 10.0. The number of nitrogens with zero attached hydrogens (tertiary/aromatic N) is 3. The minimum Gasteiger partial charge on any atom is -0.439 e. The van der Waals surface area contributed by atoms with Crippen LogP contribution in [-0.2, 0) is 17.6 Å². The standard InChI is InChI=1S/C22H27N3O2/c1-16(2)24-12-9-17-5-7-20(14-18(17)10-13-24)27-21-8-6-19(15-23-21)25-11-3-4-22(25)26/h5-8,14-16H,3-4,9-13H2,1-2H3. The molecule has 4 rings (SSSR count). The highest BCUT2D eigenvalue weighted by atomic mass is 16.5. The van der Waals surface area contributed by atoms with E-state index in [0.29, 0.717) is 18.3 Å². The minimum atomic E-state index is 0.173. The summed E-state index contributed by atoms with van der Waals surface area (Å²) in [6.07, 6.45) is 5.41. The highest BCUT2D eigenvalue weighted by Gasteiger charge is 2.22. The highest BCUT2D eigenvalue weighted by molar-refractivity contribution is 5.95. The highest BCUT2D eigenvalue weighted by Crippen LogP contribution is 2.27. The number of carbonyl (C=O) groups excluding carboxylic acids is 1. The van der Waals surface area contributed by atoms with Crippen molar-refractivity contribution < 1.29 is 9.53 Å². The summed E-state index contributed by atoms with van der Waals surface area (Å²) in [6, 6.07) is 10.7. The maximum absolute atomic E-state index is 11.8. The van der Waals surface area contributed by atoms with Gasteiger partial charge >= 0.3 is 0 Å². The number of carbonyl (C=O) groups is 1. The monoisotopic (exact) mass is 365 g/mol. The van der Waals surface area contributed by atoms with E-state index >= 15 is 0 Å². The zero-order chi connectivity index (χ0) is 18.8. The van der Waals surface area contributed by atoms with Gasteiger partial charge in [-0.2, -0.15) is 0 Å². The Balaban J connectivity index is 1.45. The first-order valence-corrected chi connectivity index (χ1v) is 9.90. The van der Waals surface area contributed by atoms with Crippen LogP contribution < -0.4 is 9.64 Å². The number of aromatic nitrogens is 1. The molecule has 0 atom stereocenters. The molecule has 0 aliphatic carbocycles. The van der Waals surface area contributed by atoms with Crippen LogP contribution in [0.25, 0.3) is 0 Å². The Morgan fingerprint density at radius 1 is 1.00 bits per heavy atom. The van der Waals surface area contributed by atoms with E-state index in [9.17, 15) is 4.79 Å². The van der Waals surface area contributed by atoms with Gasteiger partial charge in [0.05, 0.1) is 11.9 Å². The average Bonchev–Trinajstić information content (AvgIpc) is 2.97. The second-order valence-corrected chi connectivity index (χ2v) is 7.67. The van der Waals surface area contributed by atoms with E-state index < -0.39 is 0 Å². The Hall–Kier alpha value is -2.40. The van der Waals surface area contributed by atoms with Crippen LogP contribution in [-0.4, -0.2) is 41.5 Å². The van der Waals surface area contributed by atoms with Crippen molar-refractivity contribution in [1.29, 1.82) is 0 Å². The van der Waals surface area contributed by atoms with Crippen LogP contribution in [0.5, 0.6) is 11.6 Å². The van der Waals surface area contributed by atoms with Gasteiger partial charge < -0.3 is 14.5 Å². The molecule has 1 aromatic heterocycles. The van der Waals surface area contributed by atoms with Gasteiger partial charge in [0.25, 0.3) is 0 Å². The summed E-state index contributed by atoms with van der Waals surface area (Å²) in [5.74, 6) is 1.55. The van der Waals surface area contributed by atoms with Crippen LogP contribution in [0.3, 0.4) is 0 Å². The van der Waals surface area contributed by atoms with Crippen molar-refractivity contribution in [2.75, 3.05) is 24.5 Å². The molecule has 0 radical (unpaired) electrons. The van der Waals surface area contributed by atoms with Crippen LogP contribution in [0.1, 0.15) is 37.8 Å². The third kappa shape index (κ3) is 3.98. The molecule has 2 aromatic rings. The van der Waals surface area contributed by atoms with Gasteiger partial charge in [-0.3, -0.25) is 4.79 Å². The normalized spacial score (nSPS) is 17.9. The van der Waals surface area contributed by atoms with Gasteiger partial charge in [0, 0.05) is 38.2 Å². The molecule has 5 nitrogen and oxygen atoms in total. The summed E-state index contributed by atoms with van der Waals surface area (Å²) in [5, 5.41) is 0. The number of hydrogen-bond acceptors (Lipinski definition) is 4. The molecule has 27 heavy (non-hydrogen) atoms. The van der Waals surface area contributed by atoms with Crippen molar-refractivity contribution in [2.24, 2.45) is 0 Å². The summed E-state index contributed by atoms with van der Waals surface area (Å²) >= 11 is 0. The average molecular weight is 365 g/mol. The largest absolute Gasteiger partial charge is 0.439 e. The molecular weight excluding hydrogens is 338 g/mol. The molecule has 0 unspecified atom stereocenters. The van der Waals surface area contributed by atoms with Gasteiger partial charge in [0.15, 0.2) is 0 Å². The SMILES string of the molecule is CC(C)N1CCc2ccc(Oc3ccc(N4CCCC4=O)cn3)cc2CC1. The van der Waals surface area contributed by atoms with E-state index in [0.717, 1.165) is 50.3 Å². The molecular formula is C22H27N3O2. The molecule has 0 N–H and O–H groups in total. The molecule has 2 aliphatic heterocycles. The summed E-state index contributed by atoms with van der Waals surface area (Å²) in [7, 11) is 0. The lowest BCUT2D eigenvalue weighted by molar-refractivity contribution is -0.117. The molecule has 3 heterocycles. The van der Waals surface area contributed by atoms with Crippen molar-refractivity contribution in [3.05, 3.63) is 47.7 Å². The third-order valence-electron chi connectivity index (χ3n) is 5.57. The van der Waals surface area contributed by atoms with Gasteiger partial charge in [-0.1, -0.05) is 6.07 Å². The Morgan fingerprint density at radius 2 is 1.81 bits per heavy atom. The molecule has 1 fully saturated rings. The molecule has 142 valence electrons. The van der Waals surface area contributed by atoms with Gasteiger partial charge in [-0.15, -0.1) is 0 Å². The van der Waals surface area contributed by atoms with E-state index in [4.69, 9.17) is 4.74 Å². The number of rotatable bonds is 4. The molecule has 0 bridgehead atoms. The topological polar surface area (TPSA) is 45.7 Å². The van der Waals surface area contributed by atoms with Crippen LogP contribution in [0, 0.1) is 0 Å². The maximum Gasteiger partial charge on any atom is 0.227 e. The molecule has 1 amide bonds. The Labute approximate surface area is 161 Å². The summed E-state index contributed by atoms with van der Waals surface area (Å²) < 4.78 is 5.98. The zero-order valence-electron chi connectivity index (χ0n) is 16.1. The quantitative estimate of drug-likeness (QED) is 0.827. The number of anilines is 1. The zero-order valence-corrected chi connectivity index (χ0v) is 16.1. The molecule has 0 spiro atoms. The van der Waals surface area contributed by atoms with E-state index in [1.165, 1.54) is 11.1 Å². The van der Waals surface area contributed by atoms with Crippen molar-refractivity contribution in [2.45, 2.75) is 45.6 Å². The molecule has 0 saturated carbocycles. The van der Waals surface area contributed by atoms with Gasteiger partial charge in [0.2, 0.25) is 11.8 Å². The first-order chi connectivity index (χ1) is 13.1. The fraction of sp³-hybridized carbons (Fsp3) is 0.455. The molecule has 1 aromatic carbocycles. The lowest BCUT2D eigenvalue weighted by Crippen LogP contribution is -2.32. The van der Waals surface area contributed by atoms with E-state index in [1.807, 2.05) is 18.2 Å². The first-order valence-electron chi connectivity index (χ1n) is 9.90. The smallest absolute Gasteiger partial charge is 0.227 e. The Bertz CT molecular complexity index is 817. The fourth-order valence-corrected chi connectivity index (χ4v) is 3.93. The Kier molecular flexibility index (Phi) is 5.12. The van der Waals surface area contributed by atoms with Crippen molar-refractivity contribution in [3.63, 3.8) is 0 Å². The summed E-state index contributed by atoms with van der Waals surface area (Å²) in [4.78, 5) is 20.6. The number of amides is 1. The number of pyridine rings is 1. The summed E-state index contributed by atoms with van der Waals surface area (Å²) in [6.45, 7) is 7.50. The maximum atomic E-state index is 11.8. The number of ether oxygens (including phenoxy) is 1. The first kappa shape index (κ1) is 18.0. The number of hydrogen-bond donors (Lipinski definition) is 0. The molecule has 5 heteroatoms. The van der Waals surface area contributed by atoms with Crippen LogP contribution in [0.2, 0.25) is 0 Å². The van der Waals surface area contributed by atoms with E-state index in [1.54, 1.807) is 11.1 Å². The van der Waals surface area contributed by atoms with Crippen LogP contribution in [0.4, 0.5) is 5.69 Å². The predicted molar refractivity (Wildman–Crippen MR) is 106 cm³/mol. The van der Waals surface area contributed by atoms with Gasteiger partial charge in [-0.05, 0) is 62.4 Å². The van der Waals surface area contributed by atoms with Crippen molar-refractivity contribution >= 4 is 11.6 Å². The molecule has 2 aliphatic rings. The minimum absolute atomic E-state index is 0.173. The van der Waals surface area contributed by atoms with Crippen molar-refractivity contribution in [1.82, 2.24) is 9.88 Å². The molecule has 1 saturated heterocycles. The van der Waals surface area contributed by atoms with Crippen LogP contribution >= 0.6 is 0 Å². The van der Waals surface area contributed by atoms with Gasteiger partial charge in [0.1, 0.15) is 5.75 Å². The Morgan fingerprint density at radius 3 is 2.48 bits per heavy atom. The second kappa shape index (κ2) is 7.69. The third-order valence-corrected chi connectivity index (χ3v) is 5.57. The van der Waals surface area contributed by atoms with Crippen LogP contribution in [0.15, 0.2) is 36.5 Å². The number of benzene rings is 1.